The molecule has 1 atom stereocenters. The van der Waals surface area contributed by atoms with Gasteiger partial charge in [0.05, 0.1) is 0 Å². The van der Waals surface area contributed by atoms with Crippen LogP contribution in [0.15, 0.2) is 54.6 Å². The van der Waals surface area contributed by atoms with Gasteiger partial charge in [-0.2, -0.15) is 0 Å². The maximum Gasteiger partial charge on any atom is 0.0369 e. The molecular formula is C21H29IN2. The molecule has 0 aromatic heterocycles. The number of rotatable bonds is 10. The minimum absolute atomic E-state index is 0.680. The van der Waals surface area contributed by atoms with Gasteiger partial charge in [-0.15, -0.1) is 0 Å². The highest BCUT2D eigenvalue weighted by molar-refractivity contribution is 14.1. The van der Waals surface area contributed by atoms with E-state index in [0.29, 0.717) is 3.92 Å². The summed E-state index contributed by atoms with van der Waals surface area (Å²) >= 11 is 2.58. The molecule has 0 aliphatic heterocycles. The van der Waals surface area contributed by atoms with E-state index >= 15 is 0 Å². The van der Waals surface area contributed by atoms with Gasteiger partial charge in [0.1, 0.15) is 0 Å². The van der Waals surface area contributed by atoms with Crippen molar-refractivity contribution in [3.63, 3.8) is 0 Å². The highest BCUT2D eigenvalue weighted by Gasteiger charge is 2.06. The molecular weight excluding hydrogens is 407 g/mol. The van der Waals surface area contributed by atoms with Crippen molar-refractivity contribution in [2.45, 2.75) is 37.2 Å². The Balaban J connectivity index is 1.73. The molecule has 0 amide bonds. The Hall–Kier alpha value is -1.07. The quantitative estimate of drug-likeness (QED) is 0.318. The second kappa shape index (κ2) is 10.7. The van der Waals surface area contributed by atoms with Gasteiger partial charge in [-0.3, -0.25) is 0 Å². The van der Waals surface area contributed by atoms with Crippen LogP contribution in [-0.2, 0) is 13.0 Å². The van der Waals surface area contributed by atoms with Crippen LogP contribution < -0.4 is 10.2 Å². The predicted molar refractivity (Wildman–Crippen MR) is 114 cm³/mol. The Kier molecular flexibility index (Phi) is 8.60. The largest absolute Gasteiger partial charge is 0.372 e. The van der Waals surface area contributed by atoms with Gasteiger partial charge in [0.2, 0.25) is 0 Å². The normalized spacial score (nSPS) is 12.1. The third-order valence-electron chi connectivity index (χ3n) is 4.30. The van der Waals surface area contributed by atoms with Gasteiger partial charge in [-0.25, -0.2) is 0 Å². The van der Waals surface area contributed by atoms with Gasteiger partial charge in [0.15, 0.2) is 0 Å². The van der Waals surface area contributed by atoms with Crippen LogP contribution in [0, 0.1) is 0 Å². The summed E-state index contributed by atoms with van der Waals surface area (Å²) in [5.74, 6) is 0. The second-order valence-corrected chi connectivity index (χ2v) is 7.86. The van der Waals surface area contributed by atoms with Crippen molar-refractivity contribution >= 4 is 28.3 Å². The van der Waals surface area contributed by atoms with E-state index in [9.17, 15) is 0 Å². The average molecular weight is 436 g/mol. The van der Waals surface area contributed by atoms with Crippen molar-refractivity contribution in [2.24, 2.45) is 0 Å². The van der Waals surface area contributed by atoms with E-state index < -0.39 is 0 Å². The Morgan fingerprint density at radius 2 is 1.67 bits per heavy atom. The van der Waals surface area contributed by atoms with Crippen molar-refractivity contribution in [1.29, 1.82) is 0 Å². The number of halogens is 1. The molecule has 0 unspecified atom stereocenters. The summed E-state index contributed by atoms with van der Waals surface area (Å²) in [5, 5.41) is 3.60. The van der Waals surface area contributed by atoms with Crippen molar-refractivity contribution in [3.8, 4) is 0 Å². The molecule has 24 heavy (non-hydrogen) atoms. The summed E-state index contributed by atoms with van der Waals surface area (Å²) in [7, 11) is 0. The first-order chi connectivity index (χ1) is 11.7. The highest BCUT2D eigenvalue weighted by Crippen LogP contribution is 2.16. The van der Waals surface area contributed by atoms with Crippen LogP contribution in [0.25, 0.3) is 0 Å². The number of anilines is 1. The summed E-state index contributed by atoms with van der Waals surface area (Å²) in [6.07, 6.45) is 2.35. The third-order valence-corrected chi connectivity index (χ3v) is 5.37. The molecule has 0 spiro atoms. The maximum absolute atomic E-state index is 3.60. The molecule has 0 radical (unpaired) electrons. The molecule has 3 heteroatoms. The molecule has 2 nitrogen and oxygen atoms in total. The van der Waals surface area contributed by atoms with Gasteiger partial charge in [0.25, 0.3) is 0 Å². The van der Waals surface area contributed by atoms with E-state index in [2.05, 4.69) is 101 Å². The first kappa shape index (κ1) is 19.3. The average Bonchev–Trinajstić information content (AvgIpc) is 2.61. The van der Waals surface area contributed by atoms with Crippen LogP contribution in [0.3, 0.4) is 0 Å². The fourth-order valence-corrected chi connectivity index (χ4v) is 3.74. The van der Waals surface area contributed by atoms with Crippen molar-refractivity contribution in [1.82, 2.24) is 5.32 Å². The first-order valence-electron chi connectivity index (χ1n) is 8.95. The van der Waals surface area contributed by atoms with Crippen LogP contribution >= 0.6 is 22.6 Å². The maximum atomic E-state index is 3.60. The molecule has 0 bridgehead atoms. The monoisotopic (exact) mass is 436 g/mol. The summed E-state index contributed by atoms with van der Waals surface area (Å²) in [6, 6.07) is 19.7. The molecule has 2 aromatic rings. The molecule has 0 aliphatic carbocycles. The molecule has 1 N–H and O–H groups in total. The van der Waals surface area contributed by atoms with Crippen LogP contribution in [0.1, 0.15) is 31.4 Å². The Morgan fingerprint density at radius 1 is 0.958 bits per heavy atom. The van der Waals surface area contributed by atoms with Crippen molar-refractivity contribution in [3.05, 3.63) is 65.7 Å². The van der Waals surface area contributed by atoms with E-state index in [4.69, 9.17) is 0 Å². The van der Waals surface area contributed by atoms with Crippen LogP contribution in [0.4, 0.5) is 5.69 Å². The number of nitrogens with one attached hydrogen (secondary N) is 1. The Morgan fingerprint density at radius 3 is 2.38 bits per heavy atom. The summed E-state index contributed by atoms with van der Waals surface area (Å²) < 4.78 is 0.680. The molecule has 0 aliphatic rings. The SMILES string of the molecule is CCN(CC)c1cccc(CNCC[C@@H](I)Cc2ccccc2)c1. The van der Waals surface area contributed by atoms with E-state index in [-0.39, 0.29) is 0 Å². The lowest BCUT2D eigenvalue weighted by Crippen LogP contribution is -2.22. The number of hydrogen-bond donors (Lipinski definition) is 1. The topological polar surface area (TPSA) is 15.3 Å². The lowest BCUT2D eigenvalue weighted by molar-refractivity contribution is 0.640. The smallest absolute Gasteiger partial charge is 0.0369 e. The molecule has 0 saturated carbocycles. The minimum Gasteiger partial charge on any atom is -0.372 e. The predicted octanol–water partition coefficient (Wildman–Crippen LogP) is 5.06. The number of benzene rings is 2. The number of alkyl halides is 1. The van der Waals surface area contributed by atoms with Gasteiger partial charge >= 0.3 is 0 Å². The summed E-state index contributed by atoms with van der Waals surface area (Å²) in [4.78, 5) is 2.39. The number of hydrogen-bond acceptors (Lipinski definition) is 2. The zero-order chi connectivity index (χ0) is 17.2. The molecule has 0 saturated heterocycles. The fraction of sp³-hybridized carbons (Fsp3) is 0.429. The highest BCUT2D eigenvalue weighted by atomic mass is 127. The van der Waals surface area contributed by atoms with E-state index in [1.807, 2.05) is 0 Å². The fourth-order valence-electron chi connectivity index (χ4n) is 2.92. The Bertz CT molecular complexity index is 581. The van der Waals surface area contributed by atoms with Crippen LogP contribution in [0.2, 0.25) is 0 Å². The lowest BCUT2D eigenvalue weighted by atomic mass is 10.1. The molecule has 0 heterocycles. The third kappa shape index (κ3) is 6.44. The molecule has 2 rings (SSSR count). The zero-order valence-corrected chi connectivity index (χ0v) is 17.0. The zero-order valence-electron chi connectivity index (χ0n) is 14.8. The van der Waals surface area contributed by atoms with E-state index in [0.717, 1.165) is 32.6 Å². The van der Waals surface area contributed by atoms with Gasteiger partial charge < -0.3 is 10.2 Å². The number of nitrogens with zero attached hydrogens (tertiary/aromatic N) is 1. The van der Waals surface area contributed by atoms with Crippen molar-refractivity contribution < 1.29 is 0 Å². The van der Waals surface area contributed by atoms with E-state index in [1.165, 1.54) is 23.2 Å². The Labute approximate surface area is 160 Å². The van der Waals surface area contributed by atoms with Gasteiger partial charge in [-0.05, 0) is 56.5 Å². The first-order valence-corrected chi connectivity index (χ1v) is 10.2. The van der Waals surface area contributed by atoms with Gasteiger partial charge in [-0.1, -0.05) is 65.1 Å². The standard InChI is InChI=1S/C21H29IN2/c1-3-24(4-2)21-12-8-11-19(16-21)17-23-14-13-20(22)15-18-9-6-5-7-10-18/h5-12,16,20,23H,3-4,13-15,17H2,1-2H3/t20-/m1/s1. The van der Waals surface area contributed by atoms with E-state index in [1.54, 1.807) is 0 Å². The molecule has 130 valence electrons. The van der Waals surface area contributed by atoms with Crippen LogP contribution in [0.5, 0.6) is 0 Å². The van der Waals surface area contributed by atoms with Crippen molar-refractivity contribution in [2.75, 3.05) is 24.5 Å². The molecule has 2 aromatic carbocycles. The van der Waals surface area contributed by atoms with Gasteiger partial charge in [0, 0.05) is 29.2 Å². The van der Waals surface area contributed by atoms with Crippen LogP contribution in [-0.4, -0.2) is 23.6 Å². The minimum atomic E-state index is 0.680. The molecule has 0 fully saturated rings. The summed E-state index contributed by atoms with van der Waals surface area (Å²) in [6.45, 7) is 8.55. The lowest BCUT2D eigenvalue weighted by Gasteiger charge is -2.21. The summed E-state index contributed by atoms with van der Waals surface area (Å²) in [5.41, 5.74) is 4.13. The second-order valence-electron chi connectivity index (χ2n) is 6.09.